The Labute approximate surface area is 99.2 Å². The number of H-pyrrole nitrogens is 1. The lowest BCUT2D eigenvalue weighted by Gasteiger charge is -2.06. The monoisotopic (exact) mass is 233 g/mol. The van der Waals surface area contributed by atoms with E-state index in [0.29, 0.717) is 18.1 Å². The van der Waals surface area contributed by atoms with Crippen molar-refractivity contribution in [3.63, 3.8) is 0 Å². The molecule has 2 rings (SSSR count). The number of rotatable bonds is 3. The maximum Gasteiger partial charge on any atom is 0.316 e. The van der Waals surface area contributed by atoms with E-state index in [4.69, 9.17) is 4.74 Å². The Bertz CT molecular complexity index is 548. The van der Waals surface area contributed by atoms with Crippen LogP contribution >= 0.6 is 0 Å². The Morgan fingerprint density at radius 2 is 2.35 bits per heavy atom. The average Bonchev–Trinajstić information content (AvgIpc) is 2.71. The predicted octanol–water partition coefficient (Wildman–Crippen LogP) is 1.93. The Balaban J connectivity index is 2.33. The summed E-state index contributed by atoms with van der Waals surface area (Å²) in [5, 5.41) is 0. The molecule has 1 atom stereocenters. The van der Waals surface area contributed by atoms with Crippen LogP contribution < -0.4 is 0 Å². The van der Waals surface area contributed by atoms with Gasteiger partial charge in [-0.05, 0) is 32.4 Å². The molecule has 0 saturated carbocycles. The van der Waals surface area contributed by atoms with Crippen molar-refractivity contribution in [2.45, 2.75) is 26.7 Å². The number of nitrogens with one attached hydrogen (secondary N) is 1. The molecule has 2 heterocycles. The number of aryl methyl sites for hydroxylation is 1. The molecule has 0 aliphatic carbocycles. The second-order valence-corrected chi connectivity index (χ2v) is 3.98. The van der Waals surface area contributed by atoms with Crippen LogP contribution in [0.2, 0.25) is 0 Å². The zero-order chi connectivity index (χ0) is 12.4. The number of imidazole rings is 1. The van der Waals surface area contributed by atoms with Crippen LogP contribution in [0.15, 0.2) is 12.3 Å². The van der Waals surface area contributed by atoms with Gasteiger partial charge < -0.3 is 9.72 Å². The first-order valence-electron chi connectivity index (χ1n) is 5.60. The van der Waals surface area contributed by atoms with Crippen molar-refractivity contribution in [2.75, 3.05) is 6.61 Å². The van der Waals surface area contributed by atoms with Gasteiger partial charge in [-0.3, -0.25) is 4.79 Å². The molecule has 0 spiro atoms. The van der Waals surface area contributed by atoms with E-state index in [2.05, 4.69) is 15.0 Å². The summed E-state index contributed by atoms with van der Waals surface area (Å²) in [7, 11) is 0. The van der Waals surface area contributed by atoms with E-state index in [1.807, 2.05) is 13.0 Å². The predicted molar refractivity (Wildman–Crippen MR) is 63.7 cm³/mol. The summed E-state index contributed by atoms with van der Waals surface area (Å²) >= 11 is 0. The van der Waals surface area contributed by atoms with Crippen LogP contribution in [0.3, 0.4) is 0 Å². The van der Waals surface area contributed by atoms with Gasteiger partial charge in [0.15, 0.2) is 5.65 Å². The van der Waals surface area contributed by atoms with Crippen molar-refractivity contribution in [3.8, 4) is 0 Å². The molecule has 5 nitrogen and oxygen atoms in total. The molecule has 0 aliphatic rings. The second kappa shape index (κ2) is 4.53. The van der Waals surface area contributed by atoms with Crippen LogP contribution in [-0.4, -0.2) is 27.5 Å². The zero-order valence-corrected chi connectivity index (χ0v) is 10.2. The van der Waals surface area contributed by atoms with Gasteiger partial charge in [0, 0.05) is 6.20 Å². The fourth-order valence-corrected chi connectivity index (χ4v) is 1.61. The van der Waals surface area contributed by atoms with E-state index < -0.39 is 5.92 Å². The molecular formula is C12H15N3O2. The molecule has 90 valence electrons. The molecule has 0 radical (unpaired) electrons. The van der Waals surface area contributed by atoms with Crippen LogP contribution in [0.1, 0.15) is 31.2 Å². The molecule has 1 N–H and O–H groups in total. The van der Waals surface area contributed by atoms with Gasteiger partial charge in [-0.1, -0.05) is 0 Å². The molecule has 0 fully saturated rings. The largest absolute Gasteiger partial charge is 0.465 e. The number of esters is 1. The van der Waals surface area contributed by atoms with Crippen LogP contribution in [0, 0.1) is 6.92 Å². The van der Waals surface area contributed by atoms with E-state index in [-0.39, 0.29) is 5.97 Å². The first kappa shape index (κ1) is 11.6. The number of hydrogen-bond donors (Lipinski definition) is 1. The van der Waals surface area contributed by atoms with Gasteiger partial charge in [0.1, 0.15) is 11.7 Å². The number of hydrogen-bond acceptors (Lipinski definition) is 4. The molecule has 2 aromatic rings. The fourth-order valence-electron chi connectivity index (χ4n) is 1.61. The third kappa shape index (κ3) is 2.27. The molecule has 0 amide bonds. The lowest BCUT2D eigenvalue weighted by Crippen LogP contribution is -2.14. The molecule has 0 aromatic carbocycles. The number of aromatic nitrogens is 3. The van der Waals surface area contributed by atoms with E-state index in [1.54, 1.807) is 20.0 Å². The minimum absolute atomic E-state index is 0.275. The van der Waals surface area contributed by atoms with E-state index >= 15 is 0 Å². The number of fused-ring (bicyclic) bond motifs is 1. The molecule has 17 heavy (non-hydrogen) atoms. The molecular weight excluding hydrogens is 218 g/mol. The summed E-state index contributed by atoms with van der Waals surface area (Å²) in [6, 6.07) is 1.96. The number of carbonyl (C=O) groups excluding carboxylic acids is 1. The number of ether oxygens (including phenoxy) is 1. The van der Waals surface area contributed by atoms with Gasteiger partial charge in [0.25, 0.3) is 0 Å². The van der Waals surface area contributed by atoms with E-state index in [0.717, 1.165) is 11.1 Å². The average molecular weight is 233 g/mol. The quantitative estimate of drug-likeness (QED) is 0.822. The van der Waals surface area contributed by atoms with Gasteiger partial charge in [-0.2, -0.15) is 0 Å². The van der Waals surface area contributed by atoms with Crippen LogP contribution in [0.25, 0.3) is 11.2 Å². The number of aromatic amines is 1. The third-order valence-electron chi connectivity index (χ3n) is 2.54. The van der Waals surface area contributed by atoms with Crippen LogP contribution in [0.5, 0.6) is 0 Å². The van der Waals surface area contributed by atoms with Crippen LogP contribution in [-0.2, 0) is 9.53 Å². The van der Waals surface area contributed by atoms with Crippen molar-refractivity contribution in [3.05, 3.63) is 23.7 Å². The second-order valence-electron chi connectivity index (χ2n) is 3.98. The summed E-state index contributed by atoms with van der Waals surface area (Å²) in [5.74, 6) is -0.0794. The Morgan fingerprint density at radius 3 is 3.06 bits per heavy atom. The molecule has 0 saturated heterocycles. The topological polar surface area (TPSA) is 67.9 Å². The number of carbonyl (C=O) groups is 1. The Kier molecular flexibility index (Phi) is 3.08. The Morgan fingerprint density at radius 1 is 1.59 bits per heavy atom. The normalized spacial score (nSPS) is 12.6. The lowest BCUT2D eigenvalue weighted by atomic mass is 10.2. The molecule has 0 aliphatic heterocycles. The highest BCUT2D eigenvalue weighted by Gasteiger charge is 2.20. The number of pyridine rings is 1. The Hall–Kier alpha value is -1.91. The summed E-state index contributed by atoms with van der Waals surface area (Å²) in [4.78, 5) is 23.2. The first-order valence-corrected chi connectivity index (χ1v) is 5.60. The van der Waals surface area contributed by atoms with Crippen molar-refractivity contribution >= 4 is 17.1 Å². The maximum atomic E-state index is 11.6. The fraction of sp³-hybridized carbons (Fsp3) is 0.417. The SMILES string of the molecule is CCOC(=O)C(C)c1nc2ncc(C)cc2[nH]1. The smallest absolute Gasteiger partial charge is 0.316 e. The lowest BCUT2D eigenvalue weighted by molar-refractivity contribution is -0.144. The molecule has 1 unspecified atom stereocenters. The minimum atomic E-state index is -0.399. The van der Waals surface area contributed by atoms with Gasteiger partial charge in [0.2, 0.25) is 0 Å². The molecule has 2 aromatic heterocycles. The van der Waals surface area contributed by atoms with E-state index in [9.17, 15) is 4.79 Å². The van der Waals surface area contributed by atoms with E-state index in [1.165, 1.54) is 0 Å². The zero-order valence-electron chi connectivity index (χ0n) is 10.2. The summed E-state index contributed by atoms with van der Waals surface area (Å²) in [5.41, 5.74) is 2.52. The van der Waals surface area contributed by atoms with Gasteiger partial charge in [-0.25, -0.2) is 9.97 Å². The molecule has 0 bridgehead atoms. The van der Waals surface area contributed by atoms with Crippen molar-refractivity contribution in [2.24, 2.45) is 0 Å². The highest BCUT2D eigenvalue weighted by atomic mass is 16.5. The van der Waals surface area contributed by atoms with Gasteiger partial charge >= 0.3 is 5.97 Å². The molecule has 5 heteroatoms. The van der Waals surface area contributed by atoms with Gasteiger partial charge in [0.05, 0.1) is 12.1 Å². The van der Waals surface area contributed by atoms with Crippen molar-refractivity contribution in [1.82, 2.24) is 15.0 Å². The van der Waals surface area contributed by atoms with Gasteiger partial charge in [-0.15, -0.1) is 0 Å². The third-order valence-corrected chi connectivity index (χ3v) is 2.54. The minimum Gasteiger partial charge on any atom is -0.465 e. The van der Waals surface area contributed by atoms with Crippen LogP contribution in [0.4, 0.5) is 0 Å². The summed E-state index contributed by atoms with van der Waals surface area (Å²) in [6.07, 6.45) is 1.75. The highest BCUT2D eigenvalue weighted by molar-refractivity contribution is 5.79. The number of nitrogens with zero attached hydrogens (tertiary/aromatic N) is 2. The highest BCUT2D eigenvalue weighted by Crippen LogP contribution is 2.17. The summed E-state index contributed by atoms with van der Waals surface area (Å²) < 4.78 is 4.96. The first-order chi connectivity index (χ1) is 8.11. The summed E-state index contributed by atoms with van der Waals surface area (Å²) in [6.45, 7) is 5.89. The van der Waals surface area contributed by atoms with Crippen molar-refractivity contribution in [1.29, 1.82) is 0 Å². The van der Waals surface area contributed by atoms with Crippen molar-refractivity contribution < 1.29 is 9.53 Å². The maximum absolute atomic E-state index is 11.6. The standard InChI is InChI=1S/C12H15N3O2/c1-4-17-12(16)8(3)10-14-9-5-7(2)6-13-11(9)15-10/h5-6,8H,4H2,1-3H3,(H,13,14,15).